The Morgan fingerprint density at radius 3 is 2.65 bits per heavy atom. The number of nitrogens with zero attached hydrogens (tertiary/aromatic N) is 2. The topological polar surface area (TPSA) is 77.3 Å². The molecule has 3 rings (SSSR count). The quantitative estimate of drug-likeness (QED) is 0.506. The lowest BCUT2D eigenvalue weighted by Crippen LogP contribution is -2.04. The molecule has 0 radical (unpaired) electrons. The number of nitro groups is 1. The van der Waals surface area contributed by atoms with Crippen LogP contribution in [0.4, 0.5) is 15.8 Å². The number of ether oxygens (including phenoxy) is 1. The first-order valence-corrected chi connectivity index (χ1v) is 7.91. The Hall–Kier alpha value is -3.48. The van der Waals surface area contributed by atoms with E-state index >= 15 is 0 Å². The minimum atomic E-state index is -0.650. The molecule has 0 spiro atoms. The number of halogens is 1. The van der Waals surface area contributed by atoms with Gasteiger partial charge >= 0.3 is 0 Å². The molecule has 0 aliphatic carbocycles. The number of hydrogen-bond acceptors (Lipinski definition) is 5. The lowest BCUT2D eigenvalue weighted by Gasteiger charge is -2.09. The molecule has 1 N–H and O–H groups in total. The van der Waals surface area contributed by atoms with Crippen LogP contribution in [-0.4, -0.2) is 9.91 Å². The molecule has 1 aromatic heterocycles. The molecule has 0 saturated heterocycles. The van der Waals surface area contributed by atoms with E-state index < -0.39 is 10.7 Å². The third-order valence-corrected chi connectivity index (χ3v) is 3.67. The molecule has 0 amide bonds. The second-order valence-corrected chi connectivity index (χ2v) is 5.55. The molecule has 1 heterocycles. The van der Waals surface area contributed by atoms with Crippen LogP contribution in [0.3, 0.4) is 0 Å². The number of benzene rings is 2. The highest BCUT2D eigenvalue weighted by Crippen LogP contribution is 2.25. The lowest BCUT2D eigenvalue weighted by atomic mass is 10.2. The van der Waals surface area contributed by atoms with Crippen molar-refractivity contribution in [2.24, 2.45) is 0 Å². The highest BCUT2D eigenvalue weighted by Gasteiger charge is 2.14. The van der Waals surface area contributed by atoms with E-state index in [0.717, 1.165) is 17.2 Å². The van der Waals surface area contributed by atoms with Crippen molar-refractivity contribution in [2.75, 3.05) is 5.32 Å². The highest BCUT2D eigenvalue weighted by molar-refractivity contribution is 5.61. The van der Waals surface area contributed by atoms with Crippen molar-refractivity contribution < 1.29 is 14.1 Å². The van der Waals surface area contributed by atoms with E-state index in [-0.39, 0.29) is 11.4 Å². The zero-order valence-electron chi connectivity index (χ0n) is 13.8. The SMILES string of the molecule is O=[N+]([O-])c1cc(F)ccc1NCc1ccnc(OCc2ccccc2)c1. The zero-order chi connectivity index (χ0) is 18.4. The normalized spacial score (nSPS) is 10.3. The minimum absolute atomic E-state index is 0.250. The van der Waals surface area contributed by atoms with E-state index in [9.17, 15) is 14.5 Å². The maximum atomic E-state index is 13.2. The summed E-state index contributed by atoms with van der Waals surface area (Å²) in [5, 5.41) is 14.0. The number of hydrogen-bond donors (Lipinski definition) is 1. The fraction of sp³-hybridized carbons (Fsp3) is 0.105. The van der Waals surface area contributed by atoms with E-state index in [4.69, 9.17) is 4.74 Å². The Morgan fingerprint density at radius 1 is 1.08 bits per heavy atom. The summed E-state index contributed by atoms with van der Waals surface area (Å²) < 4.78 is 18.9. The first kappa shape index (κ1) is 17.3. The predicted molar refractivity (Wildman–Crippen MR) is 95.4 cm³/mol. The number of aromatic nitrogens is 1. The molecule has 2 aromatic carbocycles. The van der Waals surface area contributed by atoms with Gasteiger partial charge in [-0.05, 0) is 29.3 Å². The van der Waals surface area contributed by atoms with Crippen LogP contribution in [0.2, 0.25) is 0 Å². The Kier molecular flexibility index (Phi) is 5.38. The molecular formula is C19H16FN3O3. The molecule has 7 heteroatoms. The van der Waals surface area contributed by atoms with Crippen molar-refractivity contribution in [1.82, 2.24) is 4.98 Å². The number of anilines is 1. The zero-order valence-corrected chi connectivity index (χ0v) is 13.8. The Labute approximate surface area is 149 Å². The molecule has 0 saturated carbocycles. The minimum Gasteiger partial charge on any atom is -0.473 e. The molecule has 0 aliphatic rings. The molecule has 0 bridgehead atoms. The smallest absolute Gasteiger partial charge is 0.295 e. The molecular weight excluding hydrogens is 337 g/mol. The van der Waals surface area contributed by atoms with Crippen molar-refractivity contribution in [3.05, 3.63) is 93.9 Å². The molecule has 0 aliphatic heterocycles. The fourth-order valence-electron chi connectivity index (χ4n) is 2.37. The summed E-state index contributed by atoms with van der Waals surface area (Å²) in [5.41, 5.74) is 1.81. The van der Waals surface area contributed by atoms with Gasteiger partial charge in [-0.25, -0.2) is 9.37 Å². The van der Waals surface area contributed by atoms with Crippen LogP contribution in [0, 0.1) is 15.9 Å². The standard InChI is InChI=1S/C19H16FN3O3/c20-16-6-7-17(18(11-16)23(24)25)22-12-15-8-9-21-19(10-15)26-13-14-4-2-1-3-5-14/h1-11,22H,12-13H2. The summed E-state index contributed by atoms with van der Waals surface area (Å²) in [6, 6.07) is 16.7. The highest BCUT2D eigenvalue weighted by atomic mass is 19.1. The van der Waals surface area contributed by atoms with E-state index in [0.29, 0.717) is 19.0 Å². The van der Waals surface area contributed by atoms with E-state index in [2.05, 4.69) is 10.3 Å². The van der Waals surface area contributed by atoms with Crippen LogP contribution in [0.15, 0.2) is 66.9 Å². The molecule has 6 nitrogen and oxygen atoms in total. The molecule has 0 unspecified atom stereocenters. The number of nitrogens with one attached hydrogen (secondary N) is 1. The van der Waals surface area contributed by atoms with Gasteiger partial charge in [-0.2, -0.15) is 0 Å². The van der Waals surface area contributed by atoms with Gasteiger partial charge in [-0.1, -0.05) is 30.3 Å². The second kappa shape index (κ2) is 8.06. The van der Waals surface area contributed by atoms with Crippen molar-refractivity contribution in [1.29, 1.82) is 0 Å². The van der Waals surface area contributed by atoms with Gasteiger partial charge in [0.25, 0.3) is 5.69 Å². The molecule has 0 fully saturated rings. The fourth-order valence-corrected chi connectivity index (χ4v) is 2.37. The monoisotopic (exact) mass is 353 g/mol. The lowest BCUT2D eigenvalue weighted by molar-refractivity contribution is -0.384. The van der Waals surface area contributed by atoms with Gasteiger partial charge in [0, 0.05) is 18.8 Å². The van der Waals surface area contributed by atoms with Crippen LogP contribution in [0.5, 0.6) is 5.88 Å². The molecule has 132 valence electrons. The van der Waals surface area contributed by atoms with Gasteiger partial charge in [0.05, 0.1) is 11.0 Å². The number of nitro benzene ring substituents is 1. The third-order valence-electron chi connectivity index (χ3n) is 3.67. The Morgan fingerprint density at radius 2 is 1.88 bits per heavy atom. The second-order valence-electron chi connectivity index (χ2n) is 5.55. The Balaban J connectivity index is 1.65. The van der Waals surface area contributed by atoms with E-state index in [1.165, 1.54) is 12.1 Å². The molecule has 3 aromatic rings. The van der Waals surface area contributed by atoms with Crippen molar-refractivity contribution in [2.45, 2.75) is 13.2 Å². The molecule has 0 atom stereocenters. The first-order valence-electron chi connectivity index (χ1n) is 7.91. The summed E-state index contributed by atoms with van der Waals surface area (Å²) in [6.45, 7) is 0.713. The third kappa shape index (κ3) is 4.54. The van der Waals surface area contributed by atoms with Crippen molar-refractivity contribution in [3.8, 4) is 5.88 Å². The van der Waals surface area contributed by atoms with Gasteiger partial charge in [0.2, 0.25) is 5.88 Å². The average molecular weight is 353 g/mol. The van der Waals surface area contributed by atoms with Crippen LogP contribution in [0.25, 0.3) is 0 Å². The van der Waals surface area contributed by atoms with Crippen LogP contribution < -0.4 is 10.1 Å². The van der Waals surface area contributed by atoms with Gasteiger partial charge in [0.15, 0.2) is 0 Å². The van der Waals surface area contributed by atoms with Gasteiger partial charge in [-0.15, -0.1) is 0 Å². The van der Waals surface area contributed by atoms with E-state index in [1.807, 2.05) is 30.3 Å². The van der Waals surface area contributed by atoms with Crippen LogP contribution >= 0.6 is 0 Å². The van der Waals surface area contributed by atoms with Crippen LogP contribution in [-0.2, 0) is 13.2 Å². The largest absolute Gasteiger partial charge is 0.473 e. The number of pyridine rings is 1. The van der Waals surface area contributed by atoms with Crippen molar-refractivity contribution in [3.63, 3.8) is 0 Å². The average Bonchev–Trinajstić information content (AvgIpc) is 2.66. The van der Waals surface area contributed by atoms with Crippen LogP contribution in [0.1, 0.15) is 11.1 Å². The first-order chi connectivity index (χ1) is 12.6. The van der Waals surface area contributed by atoms with Gasteiger partial charge in [0.1, 0.15) is 18.1 Å². The maximum Gasteiger partial charge on any atom is 0.295 e. The number of rotatable bonds is 7. The Bertz CT molecular complexity index is 904. The summed E-state index contributed by atoms with van der Waals surface area (Å²) in [5.74, 6) is -0.190. The van der Waals surface area contributed by atoms with E-state index in [1.54, 1.807) is 18.3 Å². The maximum absolute atomic E-state index is 13.2. The van der Waals surface area contributed by atoms with Crippen molar-refractivity contribution >= 4 is 11.4 Å². The summed E-state index contributed by atoms with van der Waals surface area (Å²) in [6.07, 6.45) is 1.61. The summed E-state index contributed by atoms with van der Waals surface area (Å²) in [4.78, 5) is 14.6. The summed E-state index contributed by atoms with van der Waals surface area (Å²) >= 11 is 0. The molecule has 26 heavy (non-hydrogen) atoms. The summed E-state index contributed by atoms with van der Waals surface area (Å²) in [7, 11) is 0. The van der Waals surface area contributed by atoms with Gasteiger partial charge < -0.3 is 10.1 Å². The van der Waals surface area contributed by atoms with Gasteiger partial charge in [-0.3, -0.25) is 10.1 Å². The predicted octanol–water partition coefficient (Wildman–Crippen LogP) is 4.32.